The number of aryl methyl sites for hydroxylation is 1. The molecule has 5 heteroatoms. The number of thiazole rings is 1. The molecule has 0 atom stereocenters. The number of aromatic nitrogens is 1. The van der Waals surface area contributed by atoms with Gasteiger partial charge in [0.15, 0.2) is 5.69 Å². The van der Waals surface area contributed by atoms with Gasteiger partial charge in [-0.15, -0.1) is 11.3 Å². The molecule has 1 heterocycles. The van der Waals surface area contributed by atoms with Gasteiger partial charge in [0.25, 0.3) is 0 Å². The number of ether oxygens (including phenoxy) is 1. The van der Waals surface area contributed by atoms with Crippen molar-refractivity contribution in [3.8, 4) is 22.1 Å². The fraction of sp³-hybridized carbons (Fsp3) is 0.238. The normalized spacial score (nSPS) is 11.4. The smallest absolute Gasteiger partial charge is 0.355 e. The second kappa shape index (κ2) is 6.92. The molecular weight excluding hydrogens is 346 g/mol. The second-order valence-electron chi connectivity index (χ2n) is 7.17. The fourth-order valence-electron chi connectivity index (χ4n) is 2.67. The van der Waals surface area contributed by atoms with Crippen LogP contribution in [-0.4, -0.2) is 16.1 Å². The fourth-order valence-corrected chi connectivity index (χ4v) is 3.47. The molecule has 0 bridgehead atoms. The van der Waals surface area contributed by atoms with Crippen molar-refractivity contribution in [2.45, 2.75) is 33.1 Å². The minimum Gasteiger partial charge on any atom is -0.476 e. The minimum atomic E-state index is -1.01. The number of carboxylic acid groups (broad SMARTS) is 1. The van der Waals surface area contributed by atoms with Gasteiger partial charge in [-0.05, 0) is 42.2 Å². The summed E-state index contributed by atoms with van der Waals surface area (Å²) in [6.07, 6.45) is 0. The van der Waals surface area contributed by atoms with Gasteiger partial charge in [0.05, 0.1) is 0 Å². The average molecular weight is 367 g/mol. The third kappa shape index (κ3) is 3.78. The highest BCUT2D eigenvalue weighted by molar-refractivity contribution is 7.13. The molecule has 26 heavy (non-hydrogen) atoms. The third-order valence-electron chi connectivity index (χ3n) is 4.06. The molecular formula is C21H21NO3S. The molecule has 3 rings (SSSR count). The van der Waals surface area contributed by atoms with Gasteiger partial charge in [-0.25, -0.2) is 9.78 Å². The van der Waals surface area contributed by atoms with E-state index in [9.17, 15) is 4.79 Å². The zero-order valence-electron chi connectivity index (χ0n) is 15.2. The summed E-state index contributed by atoms with van der Waals surface area (Å²) in [6.45, 7) is 8.54. The molecule has 0 radical (unpaired) electrons. The predicted molar refractivity (Wildman–Crippen MR) is 104 cm³/mol. The van der Waals surface area contributed by atoms with E-state index in [1.165, 1.54) is 11.3 Å². The first-order valence-electron chi connectivity index (χ1n) is 8.33. The largest absolute Gasteiger partial charge is 0.476 e. The molecule has 0 unspecified atom stereocenters. The van der Waals surface area contributed by atoms with E-state index in [1.54, 1.807) is 5.38 Å². The van der Waals surface area contributed by atoms with Crippen LogP contribution in [0.1, 0.15) is 42.4 Å². The topological polar surface area (TPSA) is 59.4 Å². The van der Waals surface area contributed by atoms with E-state index in [1.807, 2.05) is 43.3 Å². The lowest BCUT2D eigenvalue weighted by Gasteiger charge is -2.24. The van der Waals surface area contributed by atoms with E-state index in [2.05, 4.69) is 31.8 Å². The van der Waals surface area contributed by atoms with Crippen LogP contribution in [0.3, 0.4) is 0 Å². The first-order chi connectivity index (χ1) is 12.3. The number of aromatic carboxylic acids is 1. The van der Waals surface area contributed by atoms with Crippen LogP contribution >= 0.6 is 11.3 Å². The SMILES string of the molecule is Cc1cccc(C(C)(C)C)c1Oc1ccc(-c2nc(C(=O)O)cs2)cc1. The highest BCUT2D eigenvalue weighted by Gasteiger charge is 2.20. The Morgan fingerprint density at radius 1 is 1.12 bits per heavy atom. The van der Waals surface area contributed by atoms with Gasteiger partial charge in [0.2, 0.25) is 0 Å². The summed E-state index contributed by atoms with van der Waals surface area (Å²) in [5.74, 6) is 0.612. The van der Waals surface area contributed by atoms with Gasteiger partial charge in [0.1, 0.15) is 16.5 Å². The van der Waals surface area contributed by atoms with E-state index in [4.69, 9.17) is 9.84 Å². The number of benzene rings is 2. The maximum Gasteiger partial charge on any atom is 0.355 e. The Morgan fingerprint density at radius 2 is 1.81 bits per heavy atom. The molecule has 0 amide bonds. The number of carboxylic acids is 1. The van der Waals surface area contributed by atoms with Crippen LogP contribution in [0.5, 0.6) is 11.5 Å². The maximum absolute atomic E-state index is 11.0. The Labute approximate surface area is 157 Å². The third-order valence-corrected chi connectivity index (χ3v) is 4.96. The Hall–Kier alpha value is -2.66. The molecule has 0 aliphatic rings. The van der Waals surface area contributed by atoms with Crippen molar-refractivity contribution in [3.63, 3.8) is 0 Å². The van der Waals surface area contributed by atoms with Crippen LogP contribution in [0.4, 0.5) is 0 Å². The lowest BCUT2D eigenvalue weighted by molar-refractivity contribution is 0.0691. The summed E-state index contributed by atoms with van der Waals surface area (Å²) in [7, 11) is 0. The Balaban J connectivity index is 1.88. The molecule has 1 N–H and O–H groups in total. The number of nitrogens with zero attached hydrogens (tertiary/aromatic N) is 1. The van der Waals surface area contributed by atoms with Crippen LogP contribution in [0.15, 0.2) is 47.8 Å². The van der Waals surface area contributed by atoms with Gasteiger partial charge in [-0.2, -0.15) is 0 Å². The Morgan fingerprint density at radius 3 is 2.38 bits per heavy atom. The van der Waals surface area contributed by atoms with Gasteiger partial charge >= 0.3 is 5.97 Å². The zero-order valence-corrected chi connectivity index (χ0v) is 16.1. The number of hydrogen-bond acceptors (Lipinski definition) is 4. The van der Waals surface area contributed by atoms with Crippen molar-refractivity contribution in [2.75, 3.05) is 0 Å². The maximum atomic E-state index is 11.0. The molecule has 1 aromatic heterocycles. The van der Waals surface area contributed by atoms with Crippen LogP contribution in [0, 0.1) is 6.92 Å². The average Bonchev–Trinajstić information content (AvgIpc) is 3.07. The van der Waals surface area contributed by atoms with E-state index in [0.717, 1.165) is 28.2 Å². The lowest BCUT2D eigenvalue weighted by atomic mass is 9.85. The molecule has 3 aromatic rings. The van der Waals surface area contributed by atoms with Crippen LogP contribution in [0.25, 0.3) is 10.6 Å². The molecule has 134 valence electrons. The first-order valence-corrected chi connectivity index (χ1v) is 9.21. The summed E-state index contributed by atoms with van der Waals surface area (Å²) in [5.41, 5.74) is 3.17. The van der Waals surface area contributed by atoms with Gasteiger partial charge < -0.3 is 9.84 Å². The lowest BCUT2D eigenvalue weighted by Crippen LogP contribution is -2.13. The Bertz CT molecular complexity index is 937. The standard InChI is InChI=1S/C21H21NO3S/c1-13-6-5-7-16(21(2,3)4)18(13)25-15-10-8-14(9-11-15)19-22-17(12-26-19)20(23)24/h5-12H,1-4H3,(H,23,24). The van der Waals surface area contributed by atoms with Gasteiger partial charge in [0, 0.05) is 16.5 Å². The molecule has 4 nitrogen and oxygen atoms in total. The molecule has 0 saturated heterocycles. The first kappa shape index (κ1) is 18.1. The van der Waals surface area contributed by atoms with E-state index >= 15 is 0 Å². The highest BCUT2D eigenvalue weighted by atomic mass is 32.1. The van der Waals surface area contributed by atoms with Crippen LogP contribution in [-0.2, 0) is 5.41 Å². The monoisotopic (exact) mass is 367 g/mol. The Kier molecular flexibility index (Phi) is 4.83. The van der Waals surface area contributed by atoms with E-state index < -0.39 is 5.97 Å². The summed E-state index contributed by atoms with van der Waals surface area (Å²) in [4.78, 5) is 15.1. The molecule has 0 fully saturated rings. The predicted octanol–water partition coefficient (Wildman–Crippen LogP) is 5.91. The number of carbonyl (C=O) groups is 1. The molecule has 0 spiro atoms. The summed E-state index contributed by atoms with van der Waals surface area (Å²) < 4.78 is 6.19. The van der Waals surface area contributed by atoms with Crippen molar-refractivity contribution < 1.29 is 14.6 Å². The highest BCUT2D eigenvalue weighted by Crippen LogP contribution is 2.37. The second-order valence-corrected chi connectivity index (χ2v) is 8.03. The number of para-hydroxylation sites is 1. The number of rotatable bonds is 4. The van der Waals surface area contributed by atoms with Crippen molar-refractivity contribution in [2.24, 2.45) is 0 Å². The molecule has 0 saturated carbocycles. The van der Waals surface area contributed by atoms with E-state index in [0.29, 0.717) is 5.01 Å². The van der Waals surface area contributed by atoms with Gasteiger partial charge in [-0.1, -0.05) is 39.0 Å². The quantitative estimate of drug-likeness (QED) is 0.623. The molecule has 0 aliphatic heterocycles. The minimum absolute atomic E-state index is 0.0184. The van der Waals surface area contributed by atoms with Crippen molar-refractivity contribution in [3.05, 3.63) is 64.7 Å². The summed E-state index contributed by atoms with van der Waals surface area (Å²) >= 11 is 1.32. The summed E-state index contributed by atoms with van der Waals surface area (Å²) in [6, 6.07) is 13.8. The van der Waals surface area contributed by atoms with Crippen LogP contribution < -0.4 is 4.74 Å². The molecule has 2 aromatic carbocycles. The van der Waals surface area contributed by atoms with E-state index in [-0.39, 0.29) is 11.1 Å². The zero-order chi connectivity index (χ0) is 18.9. The van der Waals surface area contributed by atoms with Gasteiger partial charge in [-0.3, -0.25) is 0 Å². The van der Waals surface area contributed by atoms with Crippen LogP contribution in [0.2, 0.25) is 0 Å². The van der Waals surface area contributed by atoms with Crippen molar-refractivity contribution in [1.82, 2.24) is 4.98 Å². The van der Waals surface area contributed by atoms with Crippen molar-refractivity contribution >= 4 is 17.3 Å². The molecule has 0 aliphatic carbocycles. The number of hydrogen-bond donors (Lipinski definition) is 1. The summed E-state index contributed by atoms with van der Waals surface area (Å²) in [5, 5.41) is 11.2. The van der Waals surface area contributed by atoms with Crippen molar-refractivity contribution in [1.29, 1.82) is 0 Å².